The fourth-order valence-electron chi connectivity index (χ4n) is 2.55. The molecule has 3 unspecified atom stereocenters. The fraction of sp³-hybridized carbons (Fsp3) is 0.375. The summed E-state index contributed by atoms with van der Waals surface area (Å²) < 4.78 is 70.8. The van der Waals surface area contributed by atoms with Crippen LogP contribution in [0.5, 0.6) is 5.75 Å². The molecule has 4 nitrogen and oxygen atoms in total. The van der Waals surface area contributed by atoms with E-state index >= 15 is 0 Å². The van der Waals surface area contributed by atoms with E-state index in [9.17, 15) is 37.3 Å². The second-order valence-corrected chi connectivity index (χ2v) is 5.71. The molecule has 0 bridgehead atoms. The number of benzene rings is 1. The first-order valence-electron chi connectivity index (χ1n) is 7.23. The summed E-state index contributed by atoms with van der Waals surface area (Å²) in [5, 5.41) is 29.6. The second-order valence-electron chi connectivity index (χ2n) is 5.71. The van der Waals surface area contributed by atoms with Crippen molar-refractivity contribution in [1.82, 2.24) is 0 Å². The Labute approximate surface area is 139 Å². The van der Waals surface area contributed by atoms with Crippen LogP contribution in [-0.2, 0) is 0 Å². The highest BCUT2D eigenvalue weighted by atomic mass is 19.2. The molecule has 1 aromatic rings. The van der Waals surface area contributed by atoms with Gasteiger partial charge in [-0.05, 0) is 5.92 Å². The minimum absolute atomic E-state index is 0.00849. The first-order valence-corrected chi connectivity index (χ1v) is 7.23. The third-order valence-electron chi connectivity index (χ3n) is 4.20. The quantitative estimate of drug-likeness (QED) is 0.432. The van der Waals surface area contributed by atoms with Crippen LogP contribution >= 0.6 is 0 Å². The summed E-state index contributed by atoms with van der Waals surface area (Å²) in [6.07, 6.45) is -0.599. The Balaban J connectivity index is 2.27. The Bertz CT molecular complexity index is 730. The van der Waals surface area contributed by atoms with Crippen LogP contribution in [0.1, 0.15) is 13.8 Å². The first kappa shape index (κ1) is 19.0. The Morgan fingerprint density at radius 2 is 1.40 bits per heavy atom. The van der Waals surface area contributed by atoms with E-state index in [-0.39, 0.29) is 11.3 Å². The predicted molar refractivity (Wildman–Crippen MR) is 76.4 cm³/mol. The average Bonchev–Trinajstić information content (AvgIpc) is 2.56. The molecule has 1 aliphatic carbocycles. The van der Waals surface area contributed by atoms with Crippen molar-refractivity contribution < 1.29 is 42.0 Å². The minimum Gasteiger partial charge on any atom is -0.512 e. The summed E-state index contributed by atoms with van der Waals surface area (Å²) in [7, 11) is 0. The lowest BCUT2D eigenvalue weighted by Gasteiger charge is -2.30. The summed E-state index contributed by atoms with van der Waals surface area (Å²) >= 11 is 0. The standard InChI is InChI=1S/C16H15F5O4/c1-5-6(2)10(8(23)3-7(5)22)9(24)4-25-16-14(20)12(18)11(17)13(19)15(16)21/h3,5-6,9,22-24H,4H2,1-2H3. The maximum atomic E-state index is 13.5. The van der Waals surface area contributed by atoms with Gasteiger partial charge in [0.25, 0.3) is 0 Å². The van der Waals surface area contributed by atoms with Crippen LogP contribution < -0.4 is 4.74 Å². The topological polar surface area (TPSA) is 69.9 Å². The summed E-state index contributed by atoms with van der Waals surface area (Å²) in [5.41, 5.74) is 0.00849. The Morgan fingerprint density at radius 3 is 1.92 bits per heavy atom. The zero-order chi connectivity index (χ0) is 19.0. The molecule has 3 N–H and O–H groups in total. The molecule has 0 amide bonds. The number of aliphatic hydroxyl groups is 3. The molecular formula is C16H15F5O4. The van der Waals surface area contributed by atoms with Crippen molar-refractivity contribution in [3.63, 3.8) is 0 Å². The lowest BCUT2D eigenvalue weighted by Crippen LogP contribution is -2.31. The van der Waals surface area contributed by atoms with Crippen LogP contribution in [0.15, 0.2) is 23.2 Å². The Morgan fingerprint density at radius 1 is 0.920 bits per heavy atom. The third-order valence-corrected chi connectivity index (χ3v) is 4.20. The zero-order valence-electron chi connectivity index (χ0n) is 13.2. The number of ether oxygens (including phenoxy) is 1. The molecule has 0 aliphatic heterocycles. The van der Waals surface area contributed by atoms with Gasteiger partial charge in [-0.15, -0.1) is 0 Å². The Hall–Kier alpha value is -2.29. The molecule has 0 saturated heterocycles. The summed E-state index contributed by atoms with van der Waals surface area (Å²) in [4.78, 5) is 0. The highest BCUT2D eigenvalue weighted by Crippen LogP contribution is 2.35. The summed E-state index contributed by atoms with van der Waals surface area (Å²) in [6, 6.07) is 0. The van der Waals surface area contributed by atoms with Gasteiger partial charge in [-0.25, -0.2) is 13.2 Å². The molecule has 0 aromatic heterocycles. The molecule has 1 aromatic carbocycles. The molecule has 2 rings (SSSR count). The van der Waals surface area contributed by atoms with E-state index < -0.39 is 65.1 Å². The minimum atomic E-state index is -2.32. The number of hydrogen-bond donors (Lipinski definition) is 3. The molecular weight excluding hydrogens is 351 g/mol. The number of rotatable bonds is 4. The molecule has 1 aliphatic rings. The number of aliphatic hydroxyl groups excluding tert-OH is 3. The van der Waals surface area contributed by atoms with Crippen LogP contribution in [0.4, 0.5) is 22.0 Å². The van der Waals surface area contributed by atoms with Crippen molar-refractivity contribution in [2.24, 2.45) is 11.8 Å². The first-order chi connectivity index (χ1) is 11.6. The van der Waals surface area contributed by atoms with Gasteiger partial charge >= 0.3 is 0 Å². The van der Waals surface area contributed by atoms with Gasteiger partial charge in [0.2, 0.25) is 29.1 Å². The molecule has 0 radical (unpaired) electrons. The van der Waals surface area contributed by atoms with Crippen molar-refractivity contribution in [1.29, 1.82) is 0 Å². The summed E-state index contributed by atoms with van der Waals surface area (Å²) in [5.74, 6) is -14.1. The van der Waals surface area contributed by atoms with E-state index in [1.807, 2.05) is 0 Å². The van der Waals surface area contributed by atoms with Gasteiger partial charge in [-0.2, -0.15) is 8.78 Å². The van der Waals surface area contributed by atoms with Crippen LogP contribution in [0.25, 0.3) is 0 Å². The SMILES string of the molecule is CC1C(O)=CC(O)=C(C(O)COc2c(F)c(F)c(F)c(F)c2F)C1C. The molecule has 3 atom stereocenters. The van der Waals surface area contributed by atoms with Crippen molar-refractivity contribution in [3.05, 3.63) is 52.3 Å². The fourth-order valence-corrected chi connectivity index (χ4v) is 2.55. The number of halogens is 5. The van der Waals surface area contributed by atoms with Crippen molar-refractivity contribution >= 4 is 0 Å². The molecule has 9 heteroatoms. The van der Waals surface area contributed by atoms with E-state index in [0.29, 0.717) is 0 Å². The van der Waals surface area contributed by atoms with E-state index in [2.05, 4.69) is 4.74 Å². The Kier molecular flexibility index (Phi) is 5.26. The molecule has 0 fully saturated rings. The monoisotopic (exact) mass is 366 g/mol. The lowest BCUT2D eigenvalue weighted by atomic mass is 9.80. The lowest BCUT2D eigenvalue weighted by molar-refractivity contribution is 0.108. The molecule has 0 saturated carbocycles. The van der Waals surface area contributed by atoms with Crippen LogP contribution in [-0.4, -0.2) is 28.0 Å². The zero-order valence-corrected chi connectivity index (χ0v) is 13.2. The third kappa shape index (κ3) is 3.28. The van der Waals surface area contributed by atoms with Gasteiger partial charge in [-0.3, -0.25) is 0 Å². The normalized spacial score (nSPS) is 22.0. The number of hydrogen-bond acceptors (Lipinski definition) is 4. The van der Waals surface area contributed by atoms with Crippen molar-refractivity contribution in [2.75, 3.05) is 6.61 Å². The van der Waals surface area contributed by atoms with E-state index in [1.54, 1.807) is 13.8 Å². The van der Waals surface area contributed by atoms with Crippen molar-refractivity contribution in [3.8, 4) is 5.75 Å². The molecule has 0 heterocycles. The highest BCUT2D eigenvalue weighted by molar-refractivity contribution is 5.33. The molecule has 25 heavy (non-hydrogen) atoms. The van der Waals surface area contributed by atoms with Crippen molar-refractivity contribution in [2.45, 2.75) is 20.0 Å². The van der Waals surface area contributed by atoms with Gasteiger partial charge < -0.3 is 20.1 Å². The molecule has 0 spiro atoms. The maximum Gasteiger partial charge on any atom is 0.206 e. The average molecular weight is 366 g/mol. The smallest absolute Gasteiger partial charge is 0.206 e. The number of allylic oxidation sites excluding steroid dienone is 2. The van der Waals surface area contributed by atoms with Crippen LogP contribution in [0, 0.1) is 40.9 Å². The van der Waals surface area contributed by atoms with Gasteiger partial charge in [0.15, 0.2) is 5.75 Å². The summed E-state index contributed by atoms with van der Waals surface area (Å²) in [6.45, 7) is 2.31. The van der Waals surface area contributed by atoms with Gasteiger partial charge in [0.1, 0.15) is 18.5 Å². The highest BCUT2D eigenvalue weighted by Gasteiger charge is 2.33. The molecule has 138 valence electrons. The van der Waals surface area contributed by atoms with Gasteiger partial charge in [-0.1, -0.05) is 13.8 Å². The van der Waals surface area contributed by atoms with E-state index in [0.717, 1.165) is 6.08 Å². The second kappa shape index (κ2) is 6.91. The van der Waals surface area contributed by atoms with E-state index in [4.69, 9.17) is 0 Å². The van der Waals surface area contributed by atoms with Gasteiger partial charge in [0.05, 0.1) is 5.76 Å². The largest absolute Gasteiger partial charge is 0.512 e. The predicted octanol–water partition coefficient (Wildman–Crippen LogP) is 3.66. The maximum absolute atomic E-state index is 13.5. The van der Waals surface area contributed by atoms with Gasteiger partial charge in [0, 0.05) is 17.6 Å². The van der Waals surface area contributed by atoms with Crippen LogP contribution in [0.3, 0.4) is 0 Å². The van der Waals surface area contributed by atoms with E-state index in [1.165, 1.54) is 0 Å². The van der Waals surface area contributed by atoms with Crippen LogP contribution in [0.2, 0.25) is 0 Å².